The van der Waals surface area contributed by atoms with E-state index < -0.39 is 0 Å². The Bertz CT molecular complexity index is 661. The van der Waals surface area contributed by atoms with Gasteiger partial charge in [-0.1, -0.05) is 29.8 Å². The SMILES string of the molecule is Nc1c(Cl)ncn(CC2Cc3ccccc3S2)c1=O. The molecule has 4 nitrogen and oxygen atoms in total. The Morgan fingerprint density at radius 2 is 2.26 bits per heavy atom. The van der Waals surface area contributed by atoms with Crippen LogP contribution in [0.4, 0.5) is 5.69 Å². The van der Waals surface area contributed by atoms with Crippen LogP contribution in [0.25, 0.3) is 0 Å². The zero-order chi connectivity index (χ0) is 13.4. The van der Waals surface area contributed by atoms with Crippen LogP contribution in [0.15, 0.2) is 40.3 Å². The Kier molecular flexibility index (Phi) is 3.24. The van der Waals surface area contributed by atoms with Gasteiger partial charge in [0.25, 0.3) is 5.56 Å². The Hall–Kier alpha value is -1.46. The quantitative estimate of drug-likeness (QED) is 0.862. The molecule has 0 bridgehead atoms. The first-order chi connectivity index (χ1) is 9.15. The molecule has 0 fully saturated rings. The molecule has 98 valence electrons. The highest BCUT2D eigenvalue weighted by Gasteiger charge is 2.22. The first kappa shape index (κ1) is 12.6. The van der Waals surface area contributed by atoms with E-state index in [9.17, 15) is 4.79 Å². The molecule has 2 aromatic rings. The van der Waals surface area contributed by atoms with Crippen molar-refractivity contribution in [2.75, 3.05) is 5.73 Å². The fourth-order valence-electron chi connectivity index (χ4n) is 2.19. The van der Waals surface area contributed by atoms with Gasteiger partial charge in [0.1, 0.15) is 5.69 Å². The smallest absolute Gasteiger partial charge is 0.278 e. The van der Waals surface area contributed by atoms with Crippen LogP contribution in [0.1, 0.15) is 5.56 Å². The number of nitrogens with two attached hydrogens (primary N) is 1. The molecule has 1 unspecified atom stereocenters. The van der Waals surface area contributed by atoms with Gasteiger partial charge in [-0.15, -0.1) is 11.8 Å². The zero-order valence-corrected chi connectivity index (χ0v) is 11.6. The van der Waals surface area contributed by atoms with Crippen LogP contribution in [0.2, 0.25) is 5.15 Å². The van der Waals surface area contributed by atoms with Crippen molar-refractivity contribution < 1.29 is 0 Å². The number of thioether (sulfide) groups is 1. The molecule has 3 rings (SSSR count). The first-order valence-electron chi connectivity index (χ1n) is 5.90. The number of hydrogen-bond donors (Lipinski definition) is 1. The van der Waals surface area contributed by atoms with E-state index in [1.807, 2.05) is 12.1 Å². The molecule has 1 aliphatic heterocycles. The topological polar surface area (TPSA) is 60.9 Å². The lowest BCUT2D eigenvalue weighted by Gasteiger charge is -2.11. The summed E-state index contributed by atoms with van der Waals surface area (Å²) in [6.45, 7) is 0.590. The molecular weight excluding hydrogens is 282 g/mol. The maximum absolute atomic E-state index is 12.0. The molecule has 0 radical (unpaired) electrons. The molecule has 1 atom stereocenters. The molecule has 0 aliphatic carbocycles. The van der Waals surface area contributed by atoms with Gasteiger partial charge in [-0.05, 0) is 18.1 Å². The molecule has 6 heteroatoms. The molecule has 0 spiro atoms. The number of rotatable bonds is 2. The van der Waals surface area contributed by atoms with E-state index in [4.69, 9.17) is 17.3 Å². The summed E-state index contributed by atoms with van der Waals surface area (Å²) in [5, 5.41) is 0.404. The van der Waals surface area contributed by atoms with E-state index in [1.165, 1.54) is 21.4 Å². The molecule has 1 aliphatic rings. The predicted molar refractivity (Wildman–Crippen MR) is 77.7 cm³/mol. The van der Waals surface area contributed by atoms with E-state index in [-0.39, 0.29) is 16.4 Å². The highest BCUT2D eigenvalue weighted by Crippen LogP contribution is 2.37. The summed E-state index contributed by atoms with van der Waals surface area (Å²) in [4.78, 5) is 17.2. The number of nitrogens with zero attached hydrogens (tertiary/aromatic N) is 2. The van der Waals surface area contributed by atoms with Crippen LogP contribution in [-0.4, -0.2) is 14.8 Å². The summed E-state index contributed by atoms with van der Waals surface area (Å²) >= 11 is 7.51. The molecule has 1 aromatic carbocycles. The third kappa shape index (κ3) is 2.35. The average Bonchev–Trinajstić information content (AvgIpc) is 2.82. The monoisotopic (exact) mass is 293 g/mol. The van der Waals surface area contributed by atoms with Gasteiger partial charge in [-0.25, -0.2) is 4.98 Å². The van der Waals surface area contributed by atoms with Gasteiger partial charge in [-0.2, -0.15) is 0 Å². The molecule has 2 N–H and O–H groups in total. The molecule has 19 heavy (non-hydrogen) atoms. The van der Waals surface area contributed by atoms with Gasteiger partial charge >= 0.3 is 0 Å². The van der Waals surface area contributed by atoms with Crippen molar-refractivity contribution >= 4 is 29.1 Å². The lowest BCUT2D eigenvalue weighted by atomic mass is 10.1. The predicted octanol–water partition coefficient (Wildman–Crippen LogP) is 2.20. The largest absolute Gasteiger partial charge is 0.392 e. The van der Waals surface area contributed by atoms with Crippen LogP contribution in [0.5, 0.6) is 0 Å². The second-order valence-corrected chi connectivity index (χ2v) is 6.16. The van der Waals surface area contributed by atoms with Crippen molar-refractivity contribution in [2.45, 2.75) is 23.1 Å². The average molecular weight is 294 g/mol. The Labute approximate surface area is 119 Å². The lowest BCUT2D eigenvalue weighted by molar-refractivity contribution is 0.632. The maximum atomic E-state index is 12.0. The molecule has 0 saturated carbocycles. The zero-order valence-electron chi connectivity index (χ0n) is 10.0. The first-order valence-corrected chi connectivity index (χ1v) is 7.16. The van der Waals surface area contributed by atoms with E-state index in [0.717, 1.165) is 6.42 Å². The van der Waals surface area contributed by atoms with E-state index >= 15 is 0 Å². The number of halogens is 1. The van der Waals surface area contributed by atoms with Crippen LogP contribution in [0.3, 0.4) is 0 Å². The highest BCUT2D eigenvalue weighted by molar-refractivity contribution is 8.00. The molecule has 0 saturated heterocycles. The van der Waals surface area contributed by atoms with Crippen LogP contribution >= 0.6 is 23.4 Å². The van der Waals surface area contributed by atoms with Crippen LogP contribution < -0.4 is 11.3 Å². The second kappa shape index (κ2) is 4.90. The number of aromatic nitrogens is 2. The number of nitrogen functional groups attached to an aromatic ring is 1. The summed E-state index contributed by atoms with van der Waals surface area (Å²) in [5.41, 5.74) is 6.69. The summed E-state index contributed by atoms with van der Waals surface area (Å²) in [5.74, 6) is 0. The number of benzene rings is 1. The molecule has 1 aromatic heterocycles. The van der Waals surface area contributed by atoms with Crippen molar-refractivity contribution in [1.82, 2.24) is 9.55 Å². The summed E-state index contributed by atoms with van der Waals surface area (Å²) < 4.78 is 1.53. The van der Waals surface area contributed by atoms with Crippen LogP contribution in [0, 0.1) is 0 Å². The van der Waals surface area contributed by atoms with Gasteiger partial charge in [-0.3, -0.25) is 9.36 Å². The normalized spacial score (nSPS) is 17.4. The van der Waals surface area contributed by atoms with Crippen molar-refractivity contribution in [3.63, 3.8) is 0 Å². The Balaban J connectivity index is 1.82. The summed E-state index contributed by atoms with van der Waals surface area (Å²) in [6, 6.07) is 8.30. The third-order valence-electron chi connectivity index (χ3n) is 3.14. The van der Waals surface area contributed by atoms with E-state index in [0.29, 0.717) is 11.8 Å². The number of hydrogen-bond acceptors (Lipinski definition) is 4. The second-order valence-electron chi connectivity index (χ2n) is 4.46. The van der Waals surface area contributed by atoms with E-state index in [2.05, 4.69) is 17.1 Å². The number of anilines is 1. The molecule has 0 amide bonds. The van der Waals surface area contributed by atoms with Gasteiger partial charge in [0.05, 0.1) is 6.33 Å². The minimum absolute atomic E-state index is 0.0182. The maximum Gasteiger partial charge on any atom is 0.278 e. The van der Waals surface area contributed by atoms with Crippen molar-refractivity contribution in [3.8, 4) is 0 Å². The van der Waals surface area contributed by atoms with Gasteiger partial charge < -0.3 is 5.73 Å². The molecular formula is C13H12ClN3OS. The summed E-state index contributed by atoms with van der Waals surface area (Å²) in [7, 11) is 0. The lowest BCUT2D eigenvalue weighted by Crippen LogP contribution is -2.27. The highest BCUT2D eigenvalue weighted by atomic mass is 35.5. The Morgan fingerprint density at radius 1 is 1.47 bits per heavy atom. The fraction of sp³-hybridized carbons (Fsp3) is 0.231. The van der Waals surface area contributed by atoms with Crippen LogP contribution in [-0.2, 0) is 13.0 Å². The minimum Gasteiger partial charge on any atom is -0.392 e. The third-order valence-corrected chi connectivity index (χ3v) is 4.74. The minimum atomic E-state index is -0.267. The fourth-order valence-corrected chi connectivity index (χ4v) is 3.63. The van der Waals surface area contributed by atoms with Gasteiger partial charge in [0.2, 0.25) is 0 Å². The van der Waals surface area contributed by atoms with Crippen molar-refractivity contribution in [1.29, 1.82) is 0 Å². The van der Waals surface area contributed by atoms with E-state index in [1.54, 1.807) is 11.8 Å². The number of fused-ring (bicyclic) bond motifs is 1. The molecule has 2 heterocycles. The van der Waals surface area contributed by atoms with Gasteiger partial charge in [0, 0.05) is 16.7 Å². The summed E-state index contributed by atoms with van der Waals surface area (Å²) in [6.07, 6.45) is 2.42. The van der Waals surface area contributed by atoms with Crippen molar-refractivity contribution in [3.05, 3.63) is 51.7 Å². The van der Waals surface area contributed by atoms with Gasteiger partial charge in [0.15, 0.2) is 5.15 Å². The Morgan fingerprint density at radius 3 is 3.05 bits per heavy atom. The standard InChI is InChI=1S/C13H12ClN3OS/c14-12-11(15)13(18)17(7-16-12)6-9-5-8-3-1-2-4-10(8)19-9/h1-4,7,9H,5-6,15H2. The van der Waals surface area contributed by atoms with Crippen molar-refractivity contribution in [2.24, 2.45) is 0 Å².